The molecular weight excluding hydrogens is 447 g/mol. The summed E-state index contributed by atoms with van der Waals surface area (Å²) in [6.45, 7) is 5.26. The van der Waals surface area contributed by atoms with E-state index in [-0.39, 0.29) is 26.6 Å². The third-order valence-electron chi connectivity index (χ3n) is 5.46. The number of benzene rings is 2. The lowest BCUT2D eigenvalue weighted by atomic mass is 10.0. The number of pyridine rings is 1. The molecule has 0 N–H and O–H groups in total. The smallest absolute Gasteiger partial charge is 0.256 e. The normalized spacial score (nSPS) is 14.8. The molecule has 0 bridgehead atoms. The molecule has 1 amide bonds. The monoisotopic (exact) mass is 472 g/mol. The van der Waals surface area contributed by atoms with Crippen molar-refractivity contribution in [3.8, 4) is 0 Å². The van der Waals surface area contributed by atoms with Crippen LogP contribution in [0.1, 0.15) is 29.8 Å². The quantitative estimate of drug-likeness (QED) is 0.543. The van der Waals surface area contributed by atoms with E-state index in [0.717, 1.165) is 29.6 Å². The summed E-state index contributed by atoms with van der Waals surface area (Å²) in [7, 11) is -4.10. The molecule has 0 unspecified atom stereocenters. The van der Waals surface area contributed by atoms with E-state index in [2.05, 4.69) is 18.8 Å². The second-order valence-electron chi connectivity index (χ2n) is 8.31. The van der Waals surface area contributed by atoms with E-state index in [1.807, 2.05) is 0 Å². The number of carbonyl (C=O) groups is 1. The van der Waals surface area contributed by atoms with Gasteiger partial charge in [-0.2, -0.15) is 11.8 Å². The summed E-state index contributed by atoms with van der Waals surface area (Å²) in [5.41, 5.74) is 1.35. The van der Waals surface area contributed by atoms with Crippen LogP contribution in [0.25, 0.3) is 10.9 Å². The van der Waals surface area contributed by atoms with Gasteiger partial charge in [-0.15, -0.1) is 0 Å². The highest BCUT2D eigenvalue weighted by molar-refractivity contribution is 7.99. The second-order valence-corrected chi connectivity index (χ2v) is 11.4. The van der Waals surface area contributed by atoms with Gasteiger partial charge in [0.1, 0.15) is 5.82 Å². The molecular formula is C24H25FN2O3S2. The van der Waals surface area contributed by atoms with Crippen LogP contribution in [0.15, 0.2) is 58.5 Å². The molecule has 0 spiro atoms. The van der Waals surface area contributed by atoms with Gasteiger partial charge in [-0.05, 0) is 48.2 Å². The Bertz CT molecular complexity index is 1250. The first-order chi connectivity index (χ1) is 15.3. The van der Waals surface area contributed by atoms with Crippen LogP contribution in [0.2, 0.25) is 0 Å². The highest BCUT2D eigenvalue weighted by atomic mass is 32.2. The molecule has 168 valence electrons. The van der Waals surface area contributed by atoms with Crippen molar-refractivity contribution < 1.29 is 17.6 Å². The summed E-state index contributed by atoms with van der Waals surface area (Å²) in [4.78, 5) is 19.1. The van der Waals surface area contributed by atoms with Gasteiger partial charge in [-0.25, -0.2) is 12.8 Å². The molecule has 0 aliphatic carbocycles. The molecule has 0 saturated carbocycles. The molecule has 0 radical (unpaired) electrons. The first-order valence-corrected chi connectivity index (χ1v) is 13.2. The maximum absolute atomic E-state index is 14.1. The Morgan fingerprint density at radius 1 is 1.12 bits per heavy atom. The van der Waals surface area contributed by atoms with E-state index in [1.54, 1.807) is 40.9 Å². The number of nitrogens with zero attached hydrogens (tertiary/aromatic N) is 2. The van der Waals surface area contributed by atoms with E-state index in [4.69, 9.17) is 0 Å². The summed E-state index contributed by atoms with van der Waals surface area (Å²) < 4.78 is 41.7. The van der Waals surface area contributed by atoms with Crippen molar-refractivity contribution in [3.05, 3.63) is 65.6 Å². The fourth-order valence-corrected chi connectivity index (χ4v) is 6.43. The third-order valence-corrected chi connectivity index (χ3v) is 8.27. The summed E-state index contributed by atoms with van der Waals surface area (Å²) in [6.07, 6.45) is 2.14. The number of hydrogen-bond donors (Lipinski definition) is 0. The van der Waals surface area contributed by atoms with Gasteiger partial charge in [0.05, 0.1) is 20.9 Å². The van der Waals surface area contributed by atoms with Crippen LogP contribution in [0.4, 0.5) is 4.39 Å². The van der Waals surface area contributed by atoms with Crippen molar-refractivity contribution >= 4 is 38.4 Å². The number of hydrogen-bond acceptors (Lipinski definition) is 5. The Labute approximate surface area is 192 Å². The Balaban J connectivity index is 1.88. The van der Waals surface area contributed by atoms with Crippen molar-refractivity contribution in [2.45, 2.75) is 30.1 Å². The third kappa shape index (κ3) is 4.52. The molecule has 1 aliphatic rings. The van der Waals surface area contributed by atoms with Crippen LogP contribution in [0.3, 0.4) is 0 Å². The highest BCUT2D eigenvalue weighted by Gasteiger charge is 2.30. The molecule has 1 saturated heterocycles. The van der Waals surface area contributed by atoms with E-state index >= 15 is 0 Å². The van der Waals surface area contributed by atoms with Gasteiger partial charge in [-0.1, -0.05) is 26.0 Å². The molecule has 1 aliphatic heterocycles. The molecule has 5 nitrogen and oxygen atoms in total. The Morgan fingerprint density at radius 2 is 1.81 bits per heavy atom. The van der Waals surface area contributed by atoms with Gasteiger partial charge in [-0.3, -0.25) is 9.78 Å². The van der Waals surface area contributed by atoms with E-state index < -0.39 is 15.7 Å². The predicted molar refractivity (Wildman–Crippen MR) is 125 cm³/mol. The van der Waals surface area contributed by atoms with Crippen LogP contribution >= 0.6 is 11.8 Å². The lowest BCUT2D eigenvalue weighted by Crippen LogP contribution is -2.38. The second kappa shape index (κ2) is 9.19. The molecule has 8 heteroatoms. The van der Waals surface area contributed by atoms with Crippen LogP contribution < -0.4 is 0 Å². The van der Waals surface area contributed by atoms with Crippen molar-refractivity contribution in [2.24, 2.45) is 5.92 Å². The minimum atomic E-state index is -4.10. The molecule has 2 heterocycles. The fourth-order valence-electron chi connectivity index (χ4n) is 3.91. The topological polar surface area (TPSA) is 67.3 Å². The Hall–Kier alpha value is -2.45. The molecule has 2 aromatic carbocycles. The number of halogens is 1. The number of thioether (sulfide) groups is 1. The van der Waals surface area contributed by atoms with Crippen molar-refractivity contribution in [2.75, 3.05) is 24.6 Å². The van der Waals surface area contributed by atoms with Gasteiger partial charge in [0.15, 0.2) is 0 Å². The first kappa shape index (κ1) is 22.7. The largest absolute Gasteiger partial charge is 0.337 e. The molecule has 4 rings (SSSR count). The molecule has 0 atom stereocenters. The predicted octanol–water partition coefficient (Wildman–Crippen LogP) is 4.59. The standard InChI is InChI=1S/C24H25FN2O3S2/c1-16(2)13-17-3-6-19(7-4-17)32(29,30)23-20-14-18(25)5-8-22(20)26-15-21(23)24(28)27-9-11-31-12-10-27/h3-8,14-16H,9-13H2,1-2H3. The average molecular weight is 473 g/mol. The van der Waals surface area contributed by atoms with Crippen molar-refractivity contribution in [1.82, 2.24) is 9.88 Å². The van der Waals surface area contributed by atoms with E-state index in [9.17, 15) is 17.6 Å². The van der Waals surface area contributed by atoms with Gasteiger partial charge < -0.3 is 4.90 Å². The van der Waals surface area contributed by atoms with Gasteiger partial charge in [0, 0.05) is 36.2 Å². The minimum absolute atomic E-state index is 0.0127. The highest BCUT2D eigenvalue weighted by Crippen LogP contribution is 2.32. The first-order valence-electron chi connectivity index (χ1n) is 10.6. The molecule has 1 fully saturated rings. The number of amides is 1. The minimum Gasteiger partial charge on any atom is -0.337 e. The van der Waals surface area contributed by atoms with Crippen molar-refractivity contribution in [3.63, 3.8) is 0 Å². The summed E-state index contributed by atoms with van der Waals surface area (Å²) in [5, 5.41) is 0.119. The molecule has 3 aromatic rings. The van der Waals surface area contributed by atoms with Crippen LogP contribution in [-0.4, -0.2) is 48.8 Å². The zero-order chi connectivity index (χ0) is 22.9. The van der Waals surface area contributed by atoms with Gasteiger partial charge in [0.25, 0.3) is 5.91 Å². The maximum atomic E-state index is 14.1. The Morgan fingerprint density at radius 3 is 2.47 bits per heavy atom. The fraction of sp³-hybridized carbons (Fsp3) is 0.333. The van der Waals surface area contributed by atoms with Crippen LogP contribution in [0, 0.1) is 11.7 Å². The molecule has 1 aromatic heterocycles. The Kier molecular flexibility index (Phi) is 6.53. The van der Waals surface area contributed by atoms with Gasteiger partial charge >= 0.3 is 0 Å². The summed E-state index contributed by atoms with van der Waals surface area (Å²) >= 11 is 1.75. The number of carbonyl (C=O) groups excluding carboxylic acids is 1. The maximum Gasteiger partial charge on any atom is 0.256 e. The van der Waals surface area contributed by atoms with Crippen molar-refractivity contribution in [1.29, 1.82) is 0 Å². The van der Waals surface area contributed by atoms with E-state index in [1.165, 1.54) is 18.3 Å². The van der Waals surface area contributed by atoms with Crippen LogP contribution in [0.5, 0.6) is 0 Å². The number of sulfone groups is 1. The zero-order valence-electron chi connectivity index (χ0n) is 18.0. The summed E-state index contributed by atoms with van der Waals surface area (Å²) in [6, 6.07) is 10.5. The number of rotatable bonds is 5. The summed E-state index contributed by atoms with van der Waals surface area (Å²) in [5.74, 6) is 1.05. The SMILES string of the molecule is CC(C)Cc1ccc(S(=O)(=O)c2c(C(=O)N3CCSCC3)cnc3ccc(F)cc23)cc1. The number of aromatic nitrogens is 1. The molecule has 32 heavy (non-hydrogen) atoms. The zero-order valence-corrected chi connectivity index (χ0v) is 19.7. The average Bonchev–Trinajstić information content (AvgIpc) is 2.78. The van der Waals surface area contributed by atoms with Crippen LogP contribution in [-0.2, 0) is 16.3 Å². The van der Waals surface area contributed by atoms with Gasteiger partial charge in [0.2, 0.25) is 9.84 Å². The van der Waals surface area contributed by atoms with E-state index in [0.29, 0.717) is 24.5 Å². The number of fused-ring (bicyclic) bond motifs is 1. The lowest BCUT2D eigenvalue weighted by Gasteiger charge is -2.27. The lowest BCUT2D eigenvalue weighted by molar-refractivity contribution is 0.0768.